The van der Waals surface area contributed by atoms with Crippen molar-refractivity contribution in [3.8, 4) is 0 Å². The molecule has 0 radical (unpaired) electrons. The van der Waals surface area contributed by atoms with E-state index in [-0.39, 0.29) is 0 Å². The molecule has 0 aromatic heterocycles. The van der Waals surface area contributed by atoms with E-state index in [1.54, 1.807) is 7.11 Å². The van der Waals surface area contributed by atoms with Crippen molar-refractivity contribution in [3.63, 3.8) is 0 Å². The first-order valence-corrected chi connectivity index (χ1v) is 7.33. The summed E-state index contributed by atoms with van der Waals surface area (Å²) in [5.41, 5.74) is 2.37. The number of rotatable bonds is 6. The summed E-state index contributed by atoms with van der Waals surface area (Å²) in [6.45, 7) is 5.26. The van der Waals surface area contributed by atoms with Gasteiger partial charge in [0.15, 0.2) is 0 Å². The van der Waals surface area contributed by atoms with Gasteiger partial charge in [-0.1, -0.05) is 22.0 Å². The van der Waals surface area contributed by atoms with Crippen LogP contribution in [0.1, 0.15) is 18.4 Å². The molecule has 1 heterocycles. The first-order valence-electron chi connectivity index (χ1n) is 6.54. The summed E-state index contributed by atoms with van der Waals surface area (Å²) in [4.78, 5) is 2.51. The number of hydrogen-bond donors (Lipinski definition) is 1. The predicted molar refractivity (Wildman–Crippen MR) is 79.0 cm³/mol. The summed E-state index contributed by atoms with van der Waals surface area (Å²) < 4.78 is 6.36. The second kappa shape index (κ2) is 7.12. The quantitative estimate of drug-likeness (QED) is 0.873. The van der Waals surface area contributed by atoms with Crippen LogP contribution in [-0.2, 0) is 11.3 Å². The van der Waals surface area contributed by atoms with E-state index < -0.39 is 0 Å². The van der Waals surface area contributed by atoms with Crippen molar-refractivity contribution in [1.29, 1.82) is 0 Å². The number of anilines is 1. The molecule has 3 nitrogen and oxygen atoms in total. The van der Waals surface area contributed by atoms with Crippen LogP contribution < -0.4 is 5.32 Å². The number of hydrogen-bond acceptors (Lipinski definition) is 3. The first kappa shape index (κ1) is 13.8. The second-order valence-electron chi connectivity index (χ2n) is 4.67. The highest BCUT2D eigenvalue weighted by atomic mass is 79.9. The van der Waals surface area contributed by atoms with E-state index in [1.807, 2.05) is 0 Å². The largest absolute Gasteiger partial charge is 0.383 e. The zero-order chi connectivity index (χ0) is 12.8. The fourth-order valence-corrected chi connectivity index (χ4v) is 2.85. The van der Waals surface area contributed by atoms with Gasteiger partial charge in [0.05, 0.1) is 6.61 Å². The Kier molecular flexibility index (Phi) is 5.47. The molecule has 0 saturated carbocycles. The monoisotopic (exact) mass is 312 g/mol. The highest BCUT2D eigenvalue weighted by Crippen LogP contribution is 2.25. The van der Waals surface area contributed by atoms with Crippen LogP contribution in [0, 0.1) is 0 Å². The second-order valence-corrected chi connectivity index (χ2v) is 5.53. The summed E-state index contributed by atoms with van der Waals surface area (Å²) in [6.07, 6.45) is 2.71. The van der Waals surface area contributed by atoms with Gasteiger partial charge in [0.1, 0.15) is 0 Å². The number of nitrogens with one attached hydrogen (secondary N) is 1. The molecule has 18 heavy (non-hydrogen) atoms. The fourth-order valence-electron chi connectivity index (χ4n) is 2.37. The van der Waals surface area contributed by atoms with Crippen LogP contribution in [0.25, 0.3) is 0 Å². The number of halogens is 1. The molecule has 0 bridgehead atoms. The van der Waals surface area contributed by atoms with Gasteiger partial charge in [-0.3, -0.25) is 0 Å². The highest BCUT2D eigenvalue weighted by Gasteiger charge is 2.11. The van der Waals surface area contributed by atoms with E-state index in [0.29, 0.717) is 6.61 Å². The molecule has 1 N–H and O–H groups in total. The Labute approximate surface area is 118 Å². The van der Waals surface area contributed by atoms with Gasteiger partial charge < -0.3 is 15.0 Å². The Morgan fingerprint density at radius 2 is 2.11 bits per heavy atom. The molecule has 0 unspecified atom stereocenters. The molecule has 0 amide bonds. The van der Waals surface area contributed by atoms with Gasteiger partial charge in [0.25, 0.3) is 0 Å². The average molecular weight is 313 g/mol. The number of likely N-dealkylation sites (tertiary alicyclic amines) is 1. The van der Waals surface area contributed by atoms with Crippen molar-refractivity contribution in [2.45, 2.75) is 19.4 Å². The molecule has 1 saturated heterocycles. The number of benzene rings is 1. The van der Waals surface area contributed by atoms with E-state index >= 15 is 0 Å². The molecule has 0 spiro atoms. The molecule has 4 heteroatoms. The summed E-state index contributed by atoms with van der Waals surface area (Å²) in [5, 5.41) is 3.51. The molecule has 100 valence electrons. The minimum atomic E-state index is 0.632. The zero-order valence-electron chi connectivity index (χ0n) is 10.9. The van der Waals surface area contributed by atoms with Crippen LogP contribution in [0.15, 0.2) is 22.7 Å². The smallest absolute Gasteiger partial charge is 0.0744 e. The van der Waals surface area contributed by atoms with Crippen molar-refractivity contribution in [3.05, 3.63) is 28.2 Å². The Morgan fingerprint density at radius 3 is 2.83 bits per heavy atom. The van der Waals surface area contributed by atoms with Crippen molar-refractivity contribution in [1.82, 2.24) is 4.90 Å². The maximum Gasteiger partial charge on any atom is 0.0744 e. The molecule has 1 aromatic carbocycles. The molecular weight excluding hydrogens is 292 g/mol. The number of methoxy groups -OCH3 is 1. The van der Waals surface area contributed by atoms with Crippen molar-refractivity contribution in [2.24, 2.45) is 0 Å². The number of nitrogens with zero attached hydrogens (tertiary/aromatic N) is 1. The third-order valence-electron chi connectivity index (χ3n) is 3.35. The lowest BCUT2D eigenvalue weighted by Gasteiger charge is -2.17. The third-order valence-corrected chi connectivity index (χ3v) is 4.09. The molecule has 0 aliphatic carbocycles. The highest BCUT2D eigenvalue weighted by molar-refractivity contribution is 9.10. The van der Waals surface area contributed by atoms with Crippen LogP contribution >= 0.6 is 15.9 Å². The normalized spacial score (nSPS) is 16.1. The Morgan fingerprint density at radius 1 is 1.33 bits per heavy atom. The van der Waals surface area contributed by atoms with Gasteiger partial charge in [-0.15, -0.1) is 0 Å². The lowest BCUT2D eigenvalue weighted by molar-refractivity contribution is 0.185. The molecule has 1 fully saturated rings. The summed E-state index contributed by atoms with van der Waals surface area (Å²) in [7, 11) is 1.73. The zero-order valence-corrected chi connectivity index (χ0v) is 12.5. The average Bonchev–Trinajstić information content (AvgIpc) is 2.86. The summed E-state index contributed by atoms with van der Waals surface area (Å²) in [6, 6.07) is 6.23. The minimum Gasteiger partial charge on any atom is -0.383 e. The van der Waals surface area contributed by atoms with Gasteiger partial charge in [-0.2, -0.15) is 0 Å². The molecule has 1 aliphatic rings. The topological polar surface area (TPSA) is 24.5 Å². The lowest BCUT2D eigenvalue weighted by Crippen LogP contribution is -2.26. The van der Waals surface area contributed by atoms with E-state index in [0.717, 1.165) is 17.6 Å². The van der Waals surface area contributed by atoms with E-state index in [2.05, 4.69) is 44.3 Å². The van der Waals surface area contributed by atoms with Crippen LogP contribution in [0.3, 0.4) is 0 Å². The third kappa shape index (κ3) is 3.70. The maximum absolute atomic E-state index is 5.25. The Bertz CT molecular complexity index is 378. The van der Waals surface area contributed by atoms with Crippen LogP contribution in [0.5, 0.6) is 0 Å². The molecule has 1 aromatic rings. The Hall–Kier alpha value is -0.580. The molecule has 2 rings (SSSR count). The predicted octanol–water partition coefficient (Wildman–Crippen LogP) is 3.10. The van der Waals surface area contributed by atoms with E-state index in [9.17, 15) is 0 Å². The van der Waals surface area contributed by atoms with Crippen molar-refractivity contribution < 1.29 is 4.74 Å². The number of ether oxygens (including phenoxy) is 1. The van der Waals surface area contributed by atoms with Crippen LogP contribution in [0.4, 0.5) is 5.69 Å². The van der Waals surface area contributed by atoms with Gasteiger partial charge >= 0.3 is 0 Å². The molecule has 0 atom stereocenters. The van der Waals surface area contributed by atoms with Gasteiger partial charge in [-0.05, 0) is 38.1 Å². The van der Waals surface area contributed by atoms with Gasteiger partial charge in [0, 0.05) is 35.9 Å². The summed E-state index contributed by atoms with van der Waals surface area (Å²) in [5.74, 6) is 0. The SMILES string of the molecule is COCc1c(Br)cccc1NCCN1CCCC1. The molecular formula is C14H21BrN2O. The first-order chi connectivity index (χ1) is 8.81. The minimum absolute atomic E-state index is 0.632. The fraction of sp³-hybridized carbons (Fsp3) is 0.571. The van der Waals surface area contributed by atoms with Gasteiger partial charge in [-0.25, -0.2) is 0 Å². The maximum atomic E-state index is 5.25. The summed E-state index contributed by atoms with van der Waals surface area (Å²) >= 11 is 3.58. The lowest BCUT2D eigenvalue weighted by atomic mass is 10.2. The standard InChI is InChI=1S/C14H21BrN2O/c1-18-11-12-13(15)5-4-6-14(12)16-7-10-17-8-2-3-9-17/h4-6,16H,2-3,7-11H2,1H3. The molecule has 1 aliphatic heterocycles. The van der Waals surface area contributed by atoms with Crippen LogP contribution in [-0.4, -0.2) is 38.2 Å². The van der Waals surface area contributed by atoms with Crippen LogP contribution in [0.2, 0.25) is 0 Å². The van der Waals surface area contributed by atoms with E-state index in [4.69, 9.17) is 4.74 Å². The van der Waals surface area contributed by atoms with E-state index in [1.165, 1.54) is 37.2 Å². The Balaban J connectivity index is 1.89. The van der Waals surface area contributed by atoms with Gasteiger partial charge in [0.2, 0.25) is 0 Å². The van der Waals surface area contributed by atoms with Crippen molar-refractivity contribution in [2.75, 3.05) is 38.6 Å². The van der Waals surface area contributed by atoms with Crippen molar-refractivity contribution >= 4 is 21.6 Å².